The van der Waals surface area contributed by atoms with E-state index in [1.54, 1.807) is 12.1 Å². The van der Waals surface area contributed by atoms with Crippen molar-refractivity contribution in [3.63, 3.8) is 0 Å². The number of imidazole rings is 1. The number of ether oxygens (including phenoxy) is 1. The molecule has 3 heterocycles. The molecule has 1 amide bonds. The van der Waals surface area contributed by atoms with Crippen LogP contribution >= 0.6 is 0 Å². The molecule has 0 unspecified atom stereocenters. The first-order valence-corrected chi connectivity index (χ1v) is 9.01. The first-order valence-electron chi connectivity index (χ1n) is 9.01. The smallest absolute Gasteiger partial charge is 0.248 e. The van der Waals surface area contributed by atoms with Gasteiger partial charge in [-0.25, -0.2) is 4.98 Å². The van der Waals surface area contributed by atoms with Crippen LogP contribution in [0.25, 0.3) is 11.4 Å². The van der Waals surface area contributed by atoms with Crippen molar-refractivity contribution < 1.29 is 9.53 Å². The molecule has 1 aromatic carbocycles. The van der Waals surface area contributed by atoms with E-state index in [2.05, 4.69) is 9.88 Å². The zero-order valence-electron chi connectivity index (χ0n) is 14.3. The van der Waals surface area contributed by atoms with Gasteiger partial charge in [0.05, 0.1) is 17.5 Å². The van der Waals surface area contributed by atoms with Gasteiger partial charge >= 0.3 is 0 Å². The second-order valence-electron chi connectivity index (χ2n) is 6.93. The molecule has 1 fully saturated rings. The largest absolute Gasteiger partial charge is 0.377 e. The van der Waals surface area contributed by atoms with Gasteiger partial charge in [0.2, 0.25) is 5.91 Å². The number of carbonyl (C=O) groups excluding carboxylic acids is 1. The topological polar surface area (TPSA) is 84.2 Å². The Morgan fingerprint density at radius 3 is 2.88 bits per heavy atom. The number of fused-ring (bicyclic) bond motifs is 1. The summed E-state index contributed by atoms with van der Waals surface area (Å²) >= 11 is 0. The molecule has 4 rings (SSSR count). The number of H-pyrrole nitrogens is 1. The summed E-state index contributed by atoms with van der Waals surface area (Å²) < 4.78 is 5.87. The monoisotopic (exact) mass is 340 g/mol. The maximum absolute atomic E-state index is 11.2. The molecule has 3 N–H and O–H groups in total. The highest BCUT2D eigenvalue weighted by Gasteiger charge is 2.24. The normalized spacial score (nSPS) is 21.0. The molecule has 1 aromatic heterocycles. The summed E-state index contributed by atoms with van der Waals surface area (Å²) in [5, 5.41) is 0. The van der Waals surface area contributed by atoms with Gasteiger partial charge in [-0.3, -0.25) is 9.69 Å². The molecule has 0 aliphatic carbocycles. The van der Waals surface area contributed by atoms with Crippen LogP contribution in [0.3, 0.4) is 0 Å². The van der Waals surface area contributed by atoms with Gasteiger partial charge in [0.1, 0.15) is 5.82 Å². The molecule has 2 aliphatic rings. The zero-order valence-corrected chi connectivity index (χ0v) is 14.3. The van der Waals surface area contributed by atoms with E-state index >= 15 is 0 Å². The Morgan fingerprint density at radius 2 is 2.16 bits per heavy atom. The van der Waals surface area contributed by atoms with Crippen molar-refractivity contribution in [2.45, 2.75) is 38.3 Å². The number of carbonyl (C=O) groups is 1. The maximum atomic E-state index is 11.2. The highest BCUT2D eigenvalue weighted by Crippen LogP contribution is 2.24. The Kier molecular flexibility index (Phi) is 4.55. The van der Waals surface area contributed by atoms with E-state index in [-0.39, 0.29) is 0 Å². The quantitative estimate of drug-likeness (QED) is 0.893. The molecular weight excluding hydrogens is 316 g/mol. The highest BCUT2D eigenvalue weighted by atomic mass is 16.5. The van der Waals surface area contributed by atoms with E-state index in [1.807, 2.05) is 12.1 Å². The second kappa shape index (κ2) is 6.98. The molecule has 0 bridgehead atoms. The summed E-state index contributed by atoms with van der Waals surface area (Å²) in [6, 6.07) is 7.26. The molecule has 132 valence electrons. The minimum atomic E-state index is -0.411. The number of primary amides is 1. The molecule has 0 spiro atoms. The van der Waals surface area contributed by atoms with Gasteiger partial charge in [-0.1, -0.05) is 12.1 Å². The van der Waals surface area contributed by atoms with E-state index in [1.165, 1.54) is 25.0 Å². The fourth-order valence-corrected chi connectivity index (χ4v) is 3.67. The molecule has 0 radical (unpaired) electrons. The molecule has 6 nitrogen and oxygen atoms in total. The Morgan fingerprint density at radius 1 is 1.32 bits per heavy atom. The van der Waals surface area contributed by atoms with E-state index in [9.17, 15) is 4.79 Å². The van der Waals surface area contributed by atoms with Gasteiger partial charge in [0, 0.05) is 43.8 Å². The predicted molar refractivity (Wildman–Crippen MR) is 95.1 cm³/mol. The van der Waals surface area contributed by atoms with Crippen LogP contribution in [0, 0.1) is 0 Å². The Bertz CT molecular complexity index is 747. The maximum Gasteiger partial charge on any atom is 0.248 e. The zero-order chi connectivity index (χ0) is 17.2. The van der Waals surface area contributed by atoms with Gasteiger partial charge in [0.25, 0.3) is 0 Å². The number of hydrogen-bond acceptors (Lipinski definition) is 4. The Balaban J connectivity index is 1.45. The van der Waals surface area contributed by atoms with Crippen molar-refractivity contribution >= 4 is 5.91 Å². The number of nitrogens with zero attached hydrogens (tertiary/aromatic N) is 2. The van der Waals surface area contributed by atoms with Crippen molar-refractivity contribution in [1.29, 1.82) is 0 Å². The predicted octanol–water partition coefficient (Wildman–Crippen LogP) is 2.10. The fraction of sp³-hybridized carbons (Fsp3) is 0.474. The fourth-order valence-electron chi connectivity index (χ4n) is 3.67. The molecule has 6 heteroatoms. The van der Waals surface area contributed by atoms with E-state index in [0.29, 0.717) is 11.7 Å². The van der Waals surface area contributed by atoms with Crippen molar-refractivity contribution in [3.8, 4) is 11.4 Å². The lowest BCUT2D eigenvalue weighted by molar-refractivity contribution is -0.00826. The van der Waals surface area contributed by atoms with Crippen LogP contribution in [0.4, 0.5) is 0 Å². The number of aromatic nitrogens is 2. The van der Waals surface area contributed by atoms with Crippen molar-refractivity contribution in [1.82, 2.24) is 14.9 Å². The minimum Gasteiger partial charge on any atom is -0.377 e. The number of nitrogens with one attached hydrogen (secondary N) is 1. The number of nitrogens with two attached hydrogens (primary N) is 1. The third kappa shape index (κ3) is 3.60. The van der Waals surface area contributed by atoms with Gasteiger partial charge in [0.15, 0.2) is 0 Å². The van der Waals surface area contributed by atoms with Gasteiger partial charge in [-0.2, -0.15) is 0 Å². The van der Waals surface area contributed by atoms with Crippen molar-refractivity contribution in [2.75, 3.05) is 19.7 Å². The van der Waals surface area contributed by atoms with Crippen LogP contribution in [0.15, 0.2) is 24.3 Å². The van der Waals surface area contributed by atoms with Crippen LogP contribution < -0.4 is 5.73 Å². The van der Waals surface area contributed by atoms with E-state index in [4.69, 9.17) is 15.5 Å². The summed E-state index contributed by atoms with van der Waals surface area (Å²) in [5.74, 6) is 0.447. The van der Waals surface area contributed by atoms with E-state index < -0.39 is 5.91 Å². The lowest BCUT2D eigenvalue weighted by Gasteiger charge is -2.31. The van der Waals surface area contributed by atoms with Crippen LogP contribution in [0.2, 0.25) is 0 Å². The Labute approximate surface area is 147 Å². The van der Waals surface area contributed by atoms with Crippen LogP contribution in [-0.4, -0.2) is 46.6 Å². The van der Waals surface area contributed by atoms with E-state index in [0.717, 1.165) is 49.7 Å². The lowest BCUT2D eigenvalue weighted by Crippen LogP contribution is -2.38. The average molecular weight is 340 g/mol. The van der Waals surface area contributed by atoms with Crippen LogP contribution in [0.1, 0.15) is 41.0 Å². The number of aromatic amines is 1. The standard InChI is InChI=1S/C19H24N4O2/c20-18(24)13-4-6-14(7-5-13)19-21-16-8-9-23(12-17(16)22-19)11-15-3-1-2-10-25-15/h4-7,15H,1-3,8-12H2,(H2,20,24)(H,21,22)/t15-/m0/s1. The molecule has 1 atom stereocenters. The first-order chi connectivity index (χ1) is 12.2. The van der Waals surface area contributed by atoms with Crippen molar-refractivity contribution in [3.05, 3.63) is 41.2 Å². The molecule has 0 saturated carbocycles. The summed E-state index contributed by atoms with van der Waals surface area (Å²) in [4.78, 5) is 21.8. The van der Waals surface area contributed by atoms with Crippen molar-refractivity contribution in [2.24, 2.45) is 5.73 Å². The highest BCUT2D eigenvalue weighted by molar-refractivity contribution is 5.93. The average Bonchev–Trinajstić information content (AvgIpc) is 3.06. The molecule has 2 aromatic rings. The number of hydrogen-bond donors (Lipinski definition) is 2. The van der Waals surface area contributed by atoms with Crippen LogP contribution in [-0.2, 0) is 17.7 Å². The molecule has 2 aliphatic heterocycles. The number of rotatable bonds is 4. The Hall–Kier alpha value is -2.18. The molecular formula is C19H24N4O2. The van der Waals surface area contributed by atoms with Crippen LogP contribution in [0.5, 0.6) is 0 Å². The molecule has 25 heavy (non-hydrogen) atoms. The summed E-state index contributed by atoms with van der Waals surface area (Å²) in [6.07, 6.45) is 4.97. The lowest BCUT2D eigenvalue weighted by atomic mass is 10.1. The summed E-state index contributed by atoms with van der Waals surface area (Å²) in [6.45, 7) is 3.82. The third-order valence-electron chi connectivity index (χ3n) is 5.09. The molecule has 1 saturated heterocycles. The van der Waals surface area contributed by atoms with Gasteiger partial charge in [-0.05, 0) is 31.4 Å². The number of amides is 1. The SMILES string of the molecule is NC(=O)c1ccc(-c2nc3c([nH]2)CN(C[C@@H]2CCCCO2)CC3)cc1. The van der Waals surface area contributed by atoms with Gasteiger partial charge < -0.3 is 15.5 Å². The summed E-state index contributed by atoms with van der Waals surface area (Å²) in [5.41, 5.74) is 9.12. The first kappa shape index (κ1) is 16.3. The minimum absolute atomic E-state index is 0.374. The number of benzene rings is 1. The summed E-state index contributed by atoms with van der Waals surface area (Å²) in [7, 11) is 0. The second-order valence-corrected chi connectivity index (χ2v) is 6.93. The van der Waals surface area contributed by atoms with Gasteiger partial charge in [-0.15, -0.1) is 0 Å². The third-order valence-corrected chi connectivity index (χ3v) is 5.09.